The van der Waals surface area contributed by atoms with Crippen molar-refractivity contribution in [3.05, 3.63) is 11.5 Å². The number of rotatable bonds is 6. The summed E-state index contributed by atoms with van der Waals surface area (Å²) in [6, 6.07) is 0. The van der Waals surface area contributed by atoms with Crippen molar-refractivity contribution in [2.45, 2.75) is 25.0 Å². The van der Waals surface area contributed by atoms with Crippen LogP contribution in [0, 0.1) is 0 Å². The third kappa shape index (κ3) is 3.85. The molecule has 0 amide bonds. The van der Waals surface area contributed by atoms with Gasteiger partial charge in [-0.05, 0) is 0 Å². The largest absolute Gasteiger partial charge is 0.505 e. The molecule has 1 heterocycles. The molecule has 0 saturated carbocycles. The Morgan fingerprint density at radius 2 is 1.95 bits per heavy atom. The van der Waals surface area contributed by atoms with Crippen LogP contribution in [0.1, 0.15) is 12.8 Å². The van der Waals surface area contributed by atoms with Crippen LogP contribution in [0.15, 0.2) is 11.5 Å². The van der Waals surface area contributed by atoms with Crippen LogP contribution in [0.3, 0.4) is 0 Å². The van der Waals surface area contributed by atoms with Gasteiger partial charge >= 0.3 is 17.9 Å². The molecule has 9 heteroatoms. The molecule has 9 nitrogen and oxygen atoms in total. The minimum atomic E-state index is -1.57. The summed E-state index contributed by atoms with van der Waals surface area (Å²) < 4.78 is 8.96. The molecule has 106 valence electrons. The third-order valence-electron chi connectivity index (χ3n) is 2.25. The fraction of sp³-hybridized carbons (Fsp3) is 0.500. The van der Waals surface area contributed by atoms with Crippen LogP contribution in [0.4, 0.5) is 0 Å². The van der Waals surface area contributed by atoms with Crippen molar-refractivity contribution in [2.24, 2.45) is 0 Å². The molecule has 0 saturated heterocycles. The van der Waals surface area contributed by atoms with E-state index in [0.717, 1.165) is 0 Å². The minimum absolute atomic E-state index is 0.375. The van der Waals surface area contributed by atoms with E-state index in [-0.39, 0.29) is 6.42 Å². The maximum Gasteiger partial charge on any atom is 0.377 e. The van der Waals surface area contributed by atoms with Gasteiger partial charge in [-0.25, -0.2) is 4.79 Å². The predicted octanol–water partition coefficient (Wildman–Crippen LogP) is -0.992. The summed E-state index contributed by atoms with van der Waals surface area (Å²) in [5.41, 5.74) is 0. The van der Waals surface area contributed by atoms with Gasteiger partial charge in [0.05, 0.1) is 12.8 Å². The Labute approximate surface area is 106 Å². The highest BCUT2D eigenvalue weighted by atomic mass is 16.6. The zero-order chi connectivity index (χ0) is 14.6. The normalized spacial score (nSPS) is 20.1. The van der Waals surface area contributed by atoms with Gasteiger partial charge in [0.2, 0.25) is 5.76 Å². The molecule has 1 rings (SSSR count). The number of aliphatic hydroxyl groups excluding tert-OH is 3. The SMILES string of the molecule is O=C(O)CCC(=O)OC[C@H](O)[C@H]1OC(=O)C(O)=C1O. The number of hydrogen-bond acceptors (Lipinski definition) is 8. The first-order valence-corrected chi connectivity index (χ1v) is 5.21. The first-order chi connectivity index (χ1) is 8.82. The predicted molar refractivity (Wildman–Crippen MR) is 56.0 cm³/mol. The smallest absolute Gasteiger partial charge is 0.377 e. The van der Waals surface area contributed by atoms with Gasteiger partial charge in [-0.15, -0.1) is 0 Å². The highest BCUT2D eigenvalue weighted by Crippen LogP contribution is 2.21. The lowest BCUT2D eigenvalue weighted by Crippen LogP contribution is -2.33. The van der Waals surface area contributed by atoms with Crippen molar-refractivity contribution < 1.29 is 44.3 Å². The molecule has 0 bridgehead atoms. The Balaban J connectivity index is 2.40. The van der Waals surface area contributed by atoms with E-state index in [9.17, 15) is 24.6 Å². The summed E-state index contributed by atoms with van der Waals surface area (Å²) in [5.74, 6) is -5.09. The average molecular weight is 276 g/mol. The van der Waals surface area contributed by atoms with E-state index in [2.05, 4.69) is 9.47 Å². The third-order valence-corrected chi connectivity index (χ3v) is 2.25. The van der Waals surface area contributed by atoms with Gasteiger partial charge in [0.25, 0.3) is 0 Å². The first kappa shape index (κ1) is 14.8. The van der Waals surface area contributed by atoms with Crippen LogP contribution >= 0.6 is 0 Å². The molecular weight excluding hydrogens is 264 g/mol. The quantitative estimate of drug-likeness (QED) is 0.448. The molecule has 0 aromatic heterocycles. The van der Waals surface area contributed by atoms with Crippen molar-refractivity contribution in [1.82, 2.24) is 0 Å². The molecule has 0 radical (unpaired) electrons. The lowest BCUT2D eigenvalue weighted by Gasteiger charge is -2.16. The Kier molecular flexibility index (Phi) is 4.70. The van der Waals surface area contributed by atoms with Crippen molar-refractivity contribution in [1.29, 1.82) is 0 Å². The van der Waals surface area contributed by atoms with Crippen LogP contribution < -0.4 is 0 Å². The molecule has 0 aliphatic carbocycles. The van der Waals surface area contributed by atoms with E-state index in [1.165, 1.54) is 0 Å². The summed E-state index contributed by atoms with van der Waals surface area (Å²) >= 11 is 0. The molecule has 0 spiro atoms. The Morgan fingerprint density at radius 1 is 1.32 bits per heavy atom. The first-order valence-electron chi connectivity index (χ1n) is 5.21. The van der Waals surface area contributed by atoms with E-state index in [1.807, 2.05) is 0 Å². The maximum atomic E-state index is 11.0. The topological polar surface area (TPSA) is 151 Å². The van der Waals surface area contributed by atoms with E-state index >= 15 is 0 Å². The van der Waals surface area contributed by atoms with E-state index in [0.29, 0.717) is 0 Å². The maximum absolute atomic E-state index is 11.0. The Morgan fingerprint density at radius 3 is 2.42 bits per heavy atom. The second-order valence-corrected chi connectivity index (χ2v) is 3.70. The van der Waals surface area contributed by atoms with Gasteiger partial charge < -0.3 is 29.9 Å². The molecule has 4 N–H and O–H groups in total. The van der Waals surface area contributed by atoms with Crippen LogP contribution in [0.25, 0.3) is 0 Å². The minimum Gasteiger partial charge on any atom is -0.505 e. The summed E-state index contributed by atoms with van der Waals surface area (Å²) in [6.07, 6.45) is -3.87. The van der Waals surface area contributed by atoms with Crippen molar-refractivity contribution >= 4 is 17.9 Å². The molecule has 2 atom stereocenters. The Hall–Kier alpha value is -2.29. The van der Waals surface area contributed by atoms with E-state index < -0.39 is 54.7 Å². The van der Waals surface area contributed by atoms with Gasteiger partial charge in [0.1, 0.15) is 12.7 Å². The summed E-state index contributed by atoms with van der Waals surface area (Å²) in [7, 11) is 0. The van der Waals surface area contributed by atoms with E-state index in [1.54, 1.807) is 0 Å². The number of carbonyl (C=O) groups is 3. The number of carbonyl (C=O) groups excluding carboxylic acids is 2. The molecule has 0 aromatic rings. The van der Waals surface area contributed by atoms with Crippen LogP contribution in [-0.2, 0) is 23.9 Å². The fourth-order valence-corrected chi connectivity index (χ4v) is 1.27. The average Bonchev–Trinajstić information content (AvgIpc) is 2.61. The van der Waals surface area contributed by atoms with Crippen LogP contribution in [0.2, 0.25) is 0 Å². The van der Waals surface area contributed by atoms with Gasteiger partial charge in [0.15, 0.2) is 11.9 Å². The molecule has 19 heavy (non-hydrogen) atoms. The number of cyclic esters (lactones) is 1. The molecule has 0 unspecified atom stereocenters. The second-order valence-electron chi connectivity index (χ2n) is 3.70. The van der Waals surface area contributed by atoms with Crippen LogP contribution in [-0.4, -0.2) is 57.1 Å². The van der Waals surface area contributed by atoms with Crippen molar-refractivity contribution in [3.8, 4) is 0 Å². The number of hydrogen-bond donors (Lipinski definition) is 4. The molecule has 0 fully saturated rings. The van der Waals surface area contributed by atoms with Crippen molar-refractivity contribution in [3.63, 3.8) is 0 Å². The molecule has 0 aromatic carbocycles. The highest BCUT2D eigenvalue weighted by Gasteiger charge is 2.39. The Bertz CT molecular complexity index is 425. The summed E-state index contributed by atoms with van der Waals surface area (Å²) in [4.78, 5) is 32.1. The van der Waals surface area contributed by atoms with Gasteiger partial charge in [-0.3, -0.25) is 9.59 Å². The number of carboxylic acid groups (broad SMARTS) is 1. The fourth-order valence-electron chi connectivity index (χ4n) is 1.27. The lowest BCUT2D eigenvalue weighted by atomic mass is 10.2. The lowest BCUT2D eigenvalue weighted by molar-refractivity contribution is -0.156. The number of ether oxygens (including phenoxy) is 2. The monoisotopic (exact) mass is 276 g/mol. The van der Waals surface area contributed by atoms with Gasteiger partial charge in [0, 0.05) is 0 Å². The number of carboxylic acids is 1. The number of aliphatic hydroxyl groups is 3. The zero-order valence-electron chi connectivity index (χ0n) is 9.61. The van der Waals surface area contributed by atoms with Crippen molar-refractivity contribution in [2.75, 3.05) is 6.61 Å². The number of aliphatic carboxylic acids is 1. The summed E-state index contributed by atoms with van der Waals surface area (Å²) in [5, 5.41) is 36.1. The molecular formula is C10H12O9. The standard InChI is InChI=1S/C10H12O9/c11-4(3-18-6(14)2-1-5(12)13)9-7(15)8(16)10(17)19-9/h4,9,11,15-16H,1-3H2,(H,12,13)/t4-,9+/m0/s1. The highest BCUT2D eigenvalue weighted by molar-refractivity contribution is 5.89. The summed E-state index contributed by atoms with van der Waals surface area (Å²) in [6.45, 7) is -0.617. The van der Waals surface area contributed by atoms with Gasteiger partial charge in [-0.1, -0.05) is 0 Å². The zero-order valence-corrected chi connectivity index (χ0v) is 9.61. The second kappa shape index (κ2) is 6.05. The van der Waals surface area contributed by atoms with Gasteiger partial charge in [-0.2, -0.15) is 0 Å². The molecule has 1 aliphatic rings. The van der Waals surface area contributed by atoms with Crippen LogP contribution in [0.5, 0.6) is 0 Å². The van der Waals surface area contributed by atoms with E-state index in [4.69, 9.17) is 10.2 Å². The number of esters is 2. The molecule has 1 aliphatic heterocycles.